The average molecular weight is 519 g/mol. The molecule has 0 aliphatic rings. The first kappa shape index (κ1) is 26.2. The number of anilines is 1. The molecule has 0 bridgehead atoms. The molecule has 1 amide bonds. The number of rotatable bonds is 10. The highest BCUT2D eigenvalue weighted by Crippen LogP contribution is 2.35. The second-order valence-corrected chi connectivity index (χ2v) is 9.84. The molecule has 1 N–H and O–H groups in total. The molecular formula is C25H27ClN2O6S. The van der Waals surface area contributed by atoms with E-state index in [9.17, 15) is 13.2 Å². The zero-order valence-electron chi connectivity index (χ0n) is 19.8. The molecule has 0 aliphatic carbocycles. The highest BCUT2D eigenvalue weighted by Gasteiger charge is 2.30. The molecular weight excluding hydrogens is 492 g/mol. The second-order valence-electron chi connectivity index (χ2n) is 7.54. The van der Waals surface area contributed by atoms with E-state index in [1.807, 2.05) is 0 Å². The molecule has 1 atom stereocenters. The third-order valence-corrected chi connectivity index (χ3v) is 7.32. The number of nitrogens with one attached hydrogen (secondary N) is 1. The monoisotopic (exact) mass is 518 g/mol. The molecule has 0 saturated carbocycles. The zero-order valence-corrected chi connectivity index (χ0v) is 21.4. The first-order valence-corrected chi connectivity index (χ1v) is 12.5. The predicted octanol–water partition coefficient (Wildman–Crippen LogP) is 4.44. The van der Waals surface area contributed by atoms with Gasteiger partial charge in [-0.05, 0) is 55.5 Å². The Morgan fingerprint density at radius 3 is 2.23 bits per heavy atom. The van der Waals surface area contributed by atoms with Crippen LogP contribution in [-0.4, -0.2) is 42.2 Å². The Hall–Kier alpha value is -3.43. The van der Waals surface area contributed by atoms with E-state index >= 15 is 0 Å². The van der Waals surface area contributed by atoms with Crippen LogP contribution < -0.4 is 23.8 Å². The van der Waals surface area contributed by atoms with E-state index in [2.05, 4.69) is 5.32 Å². The van der Waals surface area contributed by atoms with Crippen LogP contribution in [-0.2, 0) is 14.8 Å². The molecule has 0 radical (unpaired) electrons. The molecule has 1 unspecified atom stereocenters. The smallest absolute Gasteiger partial charge is 0.264 e. The summed E-state index contributed by atoms with van der Waals surface area (Å²) in [5, 5.41) is 3.14. The molecule has 0 aliphatic heterocycles. The highest BCUT2D eigenvalue weighted by molar-refractivity contribution is 7.92. The van der Waals surface area contributed by atoms with Gasteiger partial charge >= 0.3 is 0 Å². The molecule has 3 rings (SSSR count). The number of halogens is 1. The van der Waals surface area contributed by atoms with Gasteiger partial charge in [0.25, 0.3) is 10.0 Å². The average Bonchev–Trinajstić information content (AvgIpc) is 2.87. The van der Waals surface area contributed by atoms with Crippen LogP contribution >= 0.6 is 11.6 Å². The minimum Gasteiger partial charge on any atom is -0.497 e. The van der Waals surface area contributed by atoms with Crippen LogP contribution in [0.4, 0.5) is 5.69 Å². The summed E-state index contributed by atoms with van der Waals surface area (Å²) in [5.74, 6) is 0.871. The molecule has 0 aromatic heterocycles. The number of sulfonamides is 1. The fourth-order valence-corrected chi connectivity index (χ4v) is 5.16. The summed E-state index contributed by atoms with van der Waals surface area (Å²) in [7, 11) is 0.349. The van der Waals surface area contributed by atoms with Crippen molar-refractivity contribution >= 4 is 33.2 Å². The lowest BCUT2D eigenvalue weighted by atomic mass is 10.1. The van der Waals surface area contributed by atoms with Gasteiger partial charge in [0.15, 0.2) is 0 Å². The van der Waals surface area contributed by atoms with Gasteiger partial charge in [-0.1, -0.05) is 29.8 Å². The molecule has 3 aromatic rings. The molecule has 186 valence electrons. The number of nitrogens with zero attached hydrogens (tertiary/aromatic N) is 1. The second kappa shape index (κ2) is 11.3. The van der Waals surface area contributed by atoms with E-state index in [0.717, 1.165) is 4.31 Å². The first-order chi connectivity index (χ1) is 16.7. The first-order valence-electron chi connectivity index (χ1n) is 10.6. The Morgan fingerprint density at radius 1 is 0.943 bits per heavy atom. The number of methoxy groups -OCH3 is 3. The lowest BCUT2D eigenvalue weighted by molar-refractivity contribution is -0.120. The van der Waals surface area contributed by atoms with Gasteiger partial charge in [0.05, 0.1) is 38.0 Å². The fraction of sp³-hybridized carbons (Fsp3) is 0.240. The third kappa shape index (κ3) is 5.98. The standard InChI is InChI=1S/C25H27ClN2O6S/c1-17(21-15-19(32-2)11-13-23(21)33-3)27-25(29)16-28(22-14-18(26)10-12-24(22)34-4)35(30,31)20-8-6-5-7-9-20/h5-15,17H,16H2,1-4H3,(H,27,29). The lowest BCUT2D eigenvalue weighted by Crippen LogP contribution is -2.41. The summed E-state index contributed by atoms with van der Waals surface area (Å²) in [6, 6.07) is 17.1. The van der Waals surface area contributed by atoms with Crippen LogP contribution in [0.2, 0.25) is 5.02 Å². The molecule has 10 heteroatoms. The third-order valence-electron chi connectivity index (χ3n) is 5.31. The van der Waals surface area contributed by atoms with Gasteiger partial charge < -0.3 is 19.5 Å². The number of hydrogen-bond donors (Lipinski definition) is 1. The van der Waals surface area contributed by atoms with Crippen LogP contribution in [0, 0.1) is 0 Å². The van der Waals surface area contributed by atoms with Crippen molar-refractivity contribution in [1.82, 2.24) is 5.32 Å². The van der Waals surface area contributed by atoms with Crippen molar-refractivity contribution in [2.45, 2.75) is 17.9 Å². The van der Waals surface area contributed by atoms with Crippen LogP contribution in [0.5, 0.6) is 17.2 Å². The number of carbonyl (C=O) groups is 1. The van der Waals surface area contributed by atoms with Crippen LogP contribution in [0.3, 0.4) is 0 Å². The van der Waals surface area contributed by atoms with E-state index in [1.165, 1.54) is 32.4 Å². The molecule has 0 spiro atoms. The van der Waals surface area contributed by atoms with E-state index in [1.54, 1.807) is 62.6 Å². The maximum absolute atomic E-state index is 13.6. The minimum absolute atomic E-state index is 0.0253. The van der Waals surface area contributed by atoms with Crippen molar-refractivity contribution in [3.8, 4) is 17.2 Å². The van der Waals surface area contributed by atoms with Gasteiger partial charge in [-0.15, -0.1) is 0 Å². The van der Waals surface area contributed by atoms with Crippen molar-refractivity contribution in [3.05, 3.63) is 77.3 Å². The summed E-state index contributed by atoms with van der Waals surface area (Å²) >= 11 is 6.17. The topological polar surface area (TPSA) is 94.2 Å². The van der Waals surface area contributed by atoms with Crippen LogP contribution in [0.1, 0.15) is 18.5 Å². The maximum atomic E-state index is 13.6. The number of hydrogen-bond acceptors (Lipinski definition) is 6. The van der Waals surface area contributed by atoms with Crippen LogP contribution in [0.15, 0.2) is 71.6 Å². The molecule has 0 saturated heterocycles. The van der Waals surface area contributed by atoms with Crippen molar-refractivity contribution in [2.75, 3.05) is 32.2 Å². The largest absolute Gasteiger partial charge is 0.497 e. The molecule has 0 heterocycles. The summed E-state index contributed by atoms with van der Waals surface area (Å²) in [5.41, 5.74) is 0.823. The van der Waals surface area contributed by atoms with Gasteiger partial charge in [-0.25, -0.2) is 8.42 Å². The molecule has 8 nitrogen and oxygen atoms in total. The van der Waals surface area contributed by atoms with Gasteiger partial charge in [0, 0.05) is 10.6 Å². The zero-order chi connectivity index (χ0) is 25.6. The SMILES string of the molecule is COc1ccc(OC)c(C(C)NC(=O)CN(c2cc(Cl)ccc2OC)S(=O)(=O)c2ccccc2)c1. The summed E-state index contributed by atoms with van der Waals surface area (Å²) in [6.07, 6.45) is 0. The Balaban J connectivity index is 1.97. The van der Waals surface area contributed by atoms with E-state index < -0.39 is 28.5 Å². The Morgan fingerprint density at radius 2 is 1.60 bits per heavy atom. The number of benzene rings is 3. The molecule has 35 heavy (non-hydrogen) atoms. The summed E-state index contributed by atoms with van der Waals surface area (Å²) in [6.45, 7) is 1.26. The van der Waals surface area contributed by atoms with Gasteiger partial charge in [-0.2, -0.15) is 0 Å². The number of carbonyl (C=O) groups excluding carboxylic acids is 1. The highest BCUT2D eigenvalue weighted by atomic mass is 35.5. The van der Waals surface area contributed by atoms with Gasteiger partial charge in [-0.3, -0.25) is 9.10 Å². The Bertz CT molecular complexity index is 1280. The minimum atomic E-state index is -4.13. The van der Waals surface area contributed by atoms with Crippen molar-refractivity contribution < 1.29 is 27.4 Å². The van der Waals surface area contributed by atoms with Crippen molar-refractivity contribution in [2.24, 2.45) is 0 Å². The normalized spacial score (nSPS) is 11.9. The van der Waals surface area contributed by atoms with Crippen molar-refractivity contribution in [1.29, 1.82) is 0 Å². The van der Waals surface area contributed by atoms with E-state index in [0.29, 0.717) is 22.1 Å². The van der Waals surface area contributed by atoms with Crippen LogP contribution in [0.25, 0.3) is 0 Å². The fourth-order valence-electron chi connectivity index (χ4n) is 3.55. The summed E-state index contributed by atoms with van der Waals surface area (Å²) < 4.78 is 44.2. The number of ether oxygens (including phenoxy) is 3. The van der Waals surface area contributed by atoms with E-state index in [4.69, 9.17) is 25.8 Å². The summed E-state index contributed by atoms with van der Waals surface area (Å²) in [4.78, 5) is 13.2. The quantitative estimate of drug-likeness (QED) is 0.426. The number of amides is 1. The maximum Gasteiger partial charge on any atom is 0.264 e. The van der Waals surface area contributed by atoms with Gasteiger partial charge in [0.2, 0.25) is 5.91 Å². The van der Waals surface area contributed by atoms with E-state index in [-0.39, 0.29) is 16.3 Å². The molecule has 3 aromatic carbocycles. The lowest BCUT2D eigenvalue weighted by Gasteiger charge is -2.27. The Kier molecular flexibility index (Phi) is 8.48. The predicted molar refractivity (Wildman–Crippen MR) is 135 cm³/mol. The van der Waals surface area contributed by atoms with Crippen molar-refractivity contribution in [3.63, 3.8) is 0 Å². The molecule has 0 fully saturated rings. The van der Waals surface area contributed by atoms with Gasteiger partial charge in [0.1, 0.15) is 23.8 Å². The Labute approximate surface area is 210 Å².